The molecule has 12 heteroatoms. The minimum absolute atomic E-state index is 0.0399. The zero-order valence-electron chi connectivity index (χ0n) is 13.9. The van der Waals surface area contributed by atoms with Gasteiger partial charge in [-0.05, 0) is 35.0 Å². The van der Waals surface area contributed by atoms with Gasteiger partial charge < -0.3 is 4.42 Å². The summed E-state index contributed by atoms with van der Waals surface area (Å²) in [5, 5.41) is 4.76. The molecule has 4 rings (SSSR count). The maximum absolute atomic E-state index is 12.9. The number of halogens is 2. The number of anilines is 1. The van der Waals surface area contributed by atoms with E-state index in [1.54, 1.807) is 24.7 Å². The Kier molecular flexibility index (Phi) is 4.05. The molecule has 0 saturated heterocycles. The molecule has 0 aliphatic rings. The summed E-state index contributed by atoms with van der Waals surface area (Å²) in [6.07, 6.45) is 1.39. The molecule has 2 N–H and O–H groups in total. The van der Waals surface area contributed by atoms with E-state index in [0.717, 1.165) is 11.1 Å². The van der Waals surface area contributed by atoms with Gasteiger partial charge in [0.1, 0.15) is 9.92 Å². The van der Waals surface area contributed by atoms with E-state index in [1.807, 2.05) is 0 Å². The SMILES string of the molecule is Cc1nn(C)c2ncc(NS(=O)(=O)c3c(Br)cc4[nH]c(=O)oc4c3Cl)cc12. The Morgan fingerprint density at radius 3 is 2.85 bits per heavy atom. The first-order valence-corrected chi connectivity index (χ1v) is 10.2. The minimum atomic E-state index is -4.10. The molecule has 0 fully saturated rings. The Labute approximate surface area is 165 Å². The molecule has 0 radical (unpaired) electrons. The van der Waals surface area contributed by atoms with Crippen molar-refractivity contribution in [3.63, 3.8) is 0 Å². The number of pyridine rings is 1. The lowest BCUT2D eigenvalue weighted by Gasteiger charge is -2.11. The van der Waals surface area contributed by atoms with E-state index >= 15 is 0 Å². The smallest absolute Gasteiger partial charge is 0.406 e. The number of rotatable bonds is 3. The van der Waals surface area contributed by atoms with Gasteiger partial charge in [-0.1, -0.05) is 11.6 Å². The van der Waals surface area contributed by atoms with Crippen molar-refractivity contribution in [1.82, 2.24) is 19.7 Å². The van der Waals surface area contributed by atoms with Gasteiger partial charge in [0.25, 0.3) is 10.0 Å². The number of fused-ring (bicyclic) bond motifs is 2. The van der Waals surface area contributed by atoms with Crippen molar-refractivity contribution in [2.45, 2.75) is 11.8 Å². The van der Waals surface area contributed by atoms with Crippen LogP contribution in [0.4, 0.5) is 5.69 Å². The molecule has 9 nitrogen and oxygen atoms in total. The van der Waals surface area contributed by atoms with Crippen molar-refractivity contribution >= 4 is 65.4 Å². The van der Waals surface area contributed by atoms with E-state index in [1.165, 1.54) is 12.3 Å². The molecule has 1 aromatic carbocycles. The first-order chi connectivity index (χ1) is 12.7. The molecule has 0 atom stereocenters. The number of nitrogens with one attached hydrogen (secondary N) is 2. The molecular formula is C15H11BrClN5O4S. The largest absolute Gasteiger partial charge is 0.417 e. The third-order valence-corrected chi connectivity index (χ3v) is 6.77. The van der Waals surface area contributed by atoms with Crippen LogP contribution in [0.2, 0.25) is 5.02 Å². The Morgan fingerprint density at radius 2 is 2.11 bits per heavy atom. The quantitative estimate of drug-likeness (QED) is 0.472. The first kappa shape index (κ1) is 18.0. The van der Waals surface area contributed by atoms with Gasteiger partial charge in [-0.2, -0.15) is 5.10 Å². The molecule has 27 heavy (non-hydrogen) atoms. The van der Waals surface area contributed by atoms with Crippen LogP contribution in [0.3, 0.4) is 0 Å². The normalized spacial score (nSPS) is 12.1. The van der Waals surface area contributed by atoms with E-state index in [2.05, 4.69) is 35.7 Å². The zero-order valence-corrected chi connectivity index (χ0v) is 17.0. The van der Waals surface area contributed by atoms with Crippen molar-refractivity contribution in [1.29, 1.82) is 0 Å². The Hall–Kier alpha value is -2.37. The van der Waals surface area contributed by atoms with E-state index in [9.17, 15) is 13.2 Å². The van der Waals surface area contributed by atoms with Crippen LogP contribution < -0.4 is 10.5 Å². The molecule has 0 bridgehead atoms. The van der Waals surface area contributed by atoms with Gasteiger partial charge in [-0.25, -0.2) is 18.2 Å². The van der Waals surface area contributed by atoms with E-state index in [0.29, 0.717) is 5.65 Å². The summed E-state index contributed by atoms with van der Waals surface area (Å²) >= 11 is 9.39. The summed E-state index contributed by atoms with van der Waals surface area (Å²) in [5.41, 5.74) is 1.84. The van der Waals surface area contributed by atoms with Gasteiger partial charge >= 0.3 is 5.76 Å². The number of oxazole rings is 1. The monoisotopic (exact) mass is 471 g/mol. The van der Waals surface area contributed by atoms with Crippen LogP contribution in [0.25, 0.3) is 22.1 Å². The number of hydrogen-bond acceptors (Lipinski definition) is 6. The van der Waals surface area contributed by atoms with Crippen molar-refractivity contribution in [2.24, 2.45) is 7.05 Å². The number of aromatic nitrogens is 4. The van der Waals surface area contributed by atoms with Gasteiger partial charge in [0.2, 0.25) is 0 Å². The Balaban J connectivity index is 1.83. The van der Waals surface area contributed by atoms with Gasteiger partial charge in [0.15, 0.2) is 11.2 Å². The number of hydrogen-bond donors (Lipinski definition) is 2. The minimum Gasteiger partial charge on any atom is -0.406 e. The van der Waals surface area contributed by atoms with Crippen molar-refractivity contribution in [3.8, 4) is 0 Å². The third kappa shape index (κ3) is 2.91. The average Bonchev–Trinajstić information content (AvgIpc) is 3.06. The Morgan fingerprint density at radius 1 is 1.37 bits per heavy atom. The highest BCUT2D eigenvalue weighted by Gasteiger charge is 2.26. The summed E-state index contributed by atoms with van der Waals surface area (Å²) in [5.74, 6) is -0.733. The van der Waals surface area contributed by atoms with Gasteiger partial charge in [-0.15, -0.1) is 0 Å². The molecule has 0 aliphatic heterocycles. The summed E-state index contributed by atoms with van der Waals surface area (Å²) in [6.45, 7) is 1.80. The first-order valence-electron chi connectivity index (χ1n) is 7.50. The lowest BCUT2D eigenvalue weighted by atomic mass is 10.3. The fourth-order valence-electron chi connectivity index (χ4n) is 2.82. The lowest BCUT2D eigenvalue weighted by molar-refractivity contribution is 0.554. The van der Waals surface area contributed by atoms with Crippen LogP contribution in [0, 0.1) is 6.92 Å². The average molecular weight is 473 g/mol. The molecule has 4 aromatic rings. The second-order valence-electron chi connectivity index (χ2n) is 5.80. The van der Waals surface area contributed by atoms with Crippen LogP contribution >= 0.6 is 27.5 Å². The van der Waals surface area contributed by atoms with Crippen molar-refractivity contribution in [3.05, 3.63) is 44.1 Å². The molecule has 0 aliphatic carbocycles. The predicted octanol–water partition coefficient (Wildman–Crippen LogP) is 2.93. The van der Waals surface area contributed by atoms with Crippen LogP contribution in [-0.2, 0) is 17.1 Å². The van der Waals surface area contributed by atoms with Crippen molar-refractivity contribution in [2.75, 3.05) is 4.72 Å². The van der Waals surface area contributed by atoms with Crippen LogP contribution in [-0.4, -0.2) is 28.2 Å². The molecule has 3 aromatic heterocycles. The van der Waals surface area contributed by atoms with Crippen LogP contribution in [0.5, 0.6) is 0 Å². The standard InChI is InChI=1S/C15H11BrClN5O4S/c1-6-8-3-7(5-18-14(8)22(2)20-6)21-27(24,25)13-9(16)4-10-12(11(13)17)26-15(23)19-10/h3-5,21H,1-2H3,(H,19,23). The van der Waals surface area contributed by atoms with E-state index < -0.39 is 15.8 Å². The highest BCUT2D eigenvalue weighted by Crippen LogP contribution is 2.36. The molecular weight excluding hydrogens is 462 g/mol. The maximum atomic E-state index is 12.9. The van der Waals surface area contributed by atoms with Gasteiger partial charge in [0.05, 0.1) is 23.1 Å². The number of benzene rings is 1. The number of nitrogens with zero attached hydrogens (tertiary/aromatic N) is 3. The summed E-state index contributed by atoms with van der Waals surface area (Å²) in [4.78, 5) is 17.8. The second kappa shape index (κ2) is 6.08. The highest BCUT2D eigenvalue weighted by atomic mass is 79.9. The molecule has 0 amide bonds. The second-order valence-corrected chi connectivity index (χ2v) is 8.65. The molecule has 3 heterocycles. The molecule has 0 spiro atoms. The zero-order chi connectivity index (χ0) is 19.5. The molecule has 140 valence electrons. The fraction of sp³-hybridized carbons (Fsp3) is 0.133. The number of sulfonamides is 1. The Bertz CT molecular complexity index is 1390. The maximum Gasteiger partial charge on any atom is 0.417 e. The number of aryl methyl sites for hydroxylation is 2. The lowest BCUT2D eigenvalue weighted by Crippen LogP contribution is -2.14. The predicted molar refractivity (Wildman–Crippen MR) is 104 cm³/mol. The summed E-state index contributed by atoms with van der Waals surface area (Å²) < 4.78 is 35.0. The summed E-state index contributed by atoms with van der Waals surface area (Å²) in [7, 11) is -2.35. The fourth-order valence-corrected chi connectivity index (χ4v) is 5.72. The van der Waals surface area contributed by atoms with Crippen LogP contribution in [0.15, 0.2) is 36.9 Å². The summed E-state index contributed by atoms with van der Waals surface area (Å²) in [6, 6.07) is 3.05. The highest BCUT2D eigenvalue weighted by molar-refractivity contribution is 9.10. The topological polar surface area (TPSA) is 123 Å². The van der Waals surface area contributed by atoms with E-state index in [-0.39, 0.29) is 31.2 Å². The van der Waals surface area contributed by atoms with Gasteiger partial charge in [0, 0.05) is 16.9 Å². The molecule has 0 saturated carbocycles. The third-order valence-electron chi connectivity index (χ3n) is 3.95. The number of aromatic amines is 1. The van der Waals surface area contributed by atoms with Crippen LogP contribution in [0.1, 0.15) is 5.69 Å². The number of H-pyrrole nitrogens is 1. The van der Waals surface area contributed by atoms with Gasteiger partial charge in [-0.3, -0.25) is 14.4 Å². The van der Waals surface area contributed by atoms with Crippen molar-refractivity contribution < 1.29 is 12.8 Å². The van der Waals surface area contributed by atoms with E-state index in [4.69, 9.17) is 16.0 Å². The molecule has 0 unspecified atom stereocenters.